The first-order valence-electron chi connectivity index (χ1n) is 13.5. The average molecular weight is 619 g/mol. The minimum atomic E-state index is -3.71. The van der Waals surface area contributed by atoms with E-state index in [2.05, 4.69) is 5.32 Å². The highest BCUT2D eigenvalue weighted by atomic mass is 35.5. The van der Waals surface area contributed by atoms with Gasteiger partial charge in [-0.25, -0.2) is 8.42 Å². The molecular weight excluding hydrogens is 581 g/mol. The van der Waals surface area contributed by atoms with Crippen molar-refractivity contribution in [3.05, 3.63) is 99.5 Å². The van der Waals surface area contributed by atoms with Gasteiger partial charge in [-0.05, 0) is 62.1 Å². The number of aryl methyl sites for hydroxylation is 1. The molecule has 10 heteroatoms. The molecule has 7 nitrogen and oxygen atoms in total. The highest BCUT2D eigenvalue weighted by Crippen LogP contribution is 2.31. The molecule has 0 aliphatic carbocycles. The summed E-state index contributed by atoms with van der Waals surface area (Å²) < 4.78 is 26.5. The third kappa shape index (κ3) is 9.48. The van der Waals surface area contributed by atoms with Crippen LogP contribution in [0.5, 0.6) is 0 Å². The van der Waals surface area contributed by atoms with Crippen molar-refractivity contribution in [2.24, 2.45) is 0 Å². The Morgan fingerprint density at radius 1 is 0.951 bits per heavy atom. The van der Waals surface area contributed by atoms with E-state index in [1.54, 1.807) is 11.0 Å². The number of sulfonamides is 1. The zero-order chi connectivity index (χ0) is 30.2. The average Bonchev–Trinajstić information content (AvgIpc) is 2.90. The minimum Gasteiger partial charge on any atom is -0.352 e. The predicted octanol–water partition coefficient (Wildman–Crippen LogP) is 6.01. The number of halogens is 2. The van der Waals surface area contributed by atoms with Crippen LogP contribution in [-0.2, 0) is 32.6 Å². The normalized spacial score (nSPS) is 12.2. The standard InChI is InChI=1S/C31H37Cl2N3O4S/c1-22(2)34-31(38)29(19-24-12-6-5-7-13-24)35(21-25-14-9-8-11-23(25)3)30(37)15-10-18-36(41(4,39)40)28-20-26(32)16-17-27(28)33/h5-9,11-14,16-17,20,22,29H,10,15,18-19,21H2,1-4H3,(H,34,38)/t29-/m1/s1. The van der Waals surface area contributed by atoms with Crippen LogP contribution in [0.4, 0.5) is 5.69 Å². The summed E-state index contributed by atoms with van der Waals surface area (Å²) in [5.41, 5.74) is 3.12. The smallest absolute Gasteiger partial charge is 0.243 e. The van der Waals surface area contributed by atoms with E-state index in [4.69, 9.17) is 23.2 Å². The van der Waals surface area contributed by atoms with Gasteiger partial charge in [-0.2, -0.15) is 0 Å². The van der Waals surface area contributed by atoms with Crippen molar-refractivity contribution in [2.45, 2.75) is 58.7 Å². The number of anilines is 1. The molecule has 0 spiro atoms. The van der Waals surface area contributed by atoms with E-state index in [0.29, 0.717) is 11.4 Å². The zero-order valence-corrected chi connectivity index (χ0v) is 26.1. The minimum absolute atomic E-state index is 0.0182. The number of carbonyl (C=O) groups excluding carboxylic acids is 2. The third-order valence-electron chi connectivity index (χ3n) is 6.63. The lowest BCUT2D eigenvalue weighted by atomic mass is 10.0. The monoisotopic (exact) mass is 617 g/mol. The van der Waals surface area contributed by atoms with Crippen LogP contribution in [0.1, 0.15) is 43.4 Å². The second-order valence-electron chi connectivity index (χ2n) is 10.4. The van der Waals surface area contributed by atoms with Crippen LogP contribution in [0.15, 0.2) is 72.8 Å². The van der Waals surface area contributed by atoms with Gasteiger partial charge in [0.1, 0.15) is 6.04 Å². The number of nitrogens with zero attached hydrogens (tertiary/aromatic N) is 2. The first-order valence-corrected chi connectivity index (χ1v) is 16.1. The Morgan fingerprint density at radius 2 is 1.61 bits per heavy atom. The van der Waals surface area contributed by atoms with Gasteiger partial charge < -0.3 is 10.2 Å². The molecule has 0 bridgehead atoms. The Hall–Kier alpha value is -3.07. The largest absolute Gasteiger partial charge is 0.352 e. The Kier molecular flexibility index (Phi) is 11.6. The van der Waals surface area contributed by atoms with E-state index in [1.807, 2.05) is 75.4 Å². The fourth-order valence-corrected chi connectivity index (χ4v) is 5.97. The molecule has 0 unspecified atom stereocenters. The van der Waals surface area contributed by atoms with Crippen LogP contribution in [0.2, 0.25) is 10.0 Å². The Balaban J connectivity index is 1.91. The first-order chi connectivity index (χ1) is 19.4. The number of nitrogens with one attached hydrogen (secondary N) is 1. The summed E-state index contributed by atoms with van der Waals surface area (Å²) in [7, 11) is -3.71. The lowest BCUT2D eigenvalue weighted by Crippen LogP contribution is -2.52. The molecule has 3 aromatic rings. The van der Waals surface area contributed by atoms with E-state index in [9.17, 15) is 18.0 Å². The maximum absolute atomic E-state index is 13.9. The van der Waals surface area contributed by atoms with Crippen LogP contribution in [0.3, 0.4) is 0 Å². The highest BCUT2D eigenvalue weighted by molar-refractivity contribution is 7.92. The summed E-state index contributed by atoms with van der Waals surface area (Å²) >= 11 is 12.4. The molecule has 0 aromatic heterocycles. The maximum Gasteiger partial charge on any atom is 0.243 e. The summed E-state index contributed by atoms with van der Waals surface area (Å²) in [5, 5.41) is 3.56. The molecule has 3 aromatic carbocycles. The first kappa shape index (κ1) is 32.4. The van der Waals surface area contributed by atoms with Gasteiger partial charge in [0.2, 0.25) is 21.8 Å². The second-order valence-corrected chi connectivity index (χ2v) is 13.1. The summed E-state index contributed by atoms with van der Waals surface area (Å²) in [6.07, 6.45) is 1.66. The fraction of sp³-hybridized carbons (Fsp3) is 0.355. The Labute approximate surface area is 253 Å². The molecule has 3 rings (SSSR count). The van der Waals surface area contributed by atoms with Gasteiger partial charge in [0.05, 0.1) is 17.0 Å². The Morgan fingerprint density at radius 3 is 2.24 bits per heavy atom. The fourth-order valence-electron chi connectivity index (χ4n) is 4.57. The zero-order valence-electron chi connectivity index (χ0n) is 23.8. The van der Waals surface area contributed by atoms with Crippen molar-refractivity contribution in [1.82, 2.24) is 10.2 Å². The molecule has 0 aliphatic heterocycles. The molecular formula is C31H37Cl2N3O4S. The van der Waals surface area contributed by atoms with Gasteiger partial charge in [0.15, 0.2) is 0 Å². The van der Waals surface area contributed by atoms with Gasteiger partial charge >= 0.3 is 0 Å². The highest BCUT2D eigenvalue weighted by Gasteiger charge is 2.31. The van der Waals surface area contributed by atoms with Gasteiger partial charge in [0.25, 0.3) is 0 Å². The van der Waals surface area contributed by atoms with E-state index in [0.717, 1.165) is 27.3 Å². The van der Waals surface area contributed by atoms with Crippen LogP contribution in [-0.4, -0.2) is 50.0 Å². The third-order valence-corrected chi connectivity index (χ3v) is 8.37. The molecule has 0 aliphatic rings. The Bertz CT molecular complexity index is 1450. The van der Waals surface area contributed by atoms with Crippen molar-refractivity contribution >= 4 is 50.7 Å². The molecule has 0 radical (unpaired) electrons. The van der Waals surface area contributed by atoms with Crippen molar-refractivity contribution in [3.63, 3.8) is 0 Å². The summed E-state index contributed by atoms with van der Waals surface area (Å²) in [4.78, 5) is 29.0. The summed E-state index contributed by atoms with van der Waals surface area (Å²) in [6.45, 7) is 5.99. The molecule has 1 N–H and O–H groups in total. The van der Waals surface area contributed by atoms with Crippen LogP contribution >= 0.6 is 23.2 Å². The molecule has 0 saturated carbocycles. The quantitative estimate of drug-likeness (QED) is 0.254. The molecule has 1 atom stereocenters. The molecule has 220 valence electrons. The lowest BCUT2D eigenvalue weighted by Gasteiger charge is -2.33. The van der Waals surface area contributed by atoms with Crippen molar-refractivity contribution in [2.75, 3.05) is 17.1 Å². The number of hydrogen-bond donors (Lipinski definition) is 1. The van der Waals surface area contributed by atoms with Gasteiger partial charge in [-0.15, -0.1) is 0 Å². The SMILES string of the molecule is Cc1ccccc1CN(C(=O)CCCN(c1cc(Cl)ccc1Cl)S(C)(=O)=O)[C@H](Cc1ccccc1)C(=O)NC(C)C. The summed E-state index contributed by atoms with van der Waals surface area (Å²) in [5.74, 6) is -0.493. The molecule has 0 saturated heterocycles. The van der Waals surface area contributed by atoms with Crippen LogP contribution < -0.4 is 9.62 Å². The van der Waals surface area contributed by atoms with E-state index in [1.165, 1.54) is 12.1 Å². The van der Waals surface area contributed by atoms with Gasteiger partial charge in [0, 0.05) is 37.0 Å². The van der Waals surface area contributed by atoms with Crippen molar-refractivity contribution in [1.29, 1.82) is 0 Å². The number of benzene rings is 3. The number of amides is 2. The number of carbonyl (C=O) groups is 2. The van der Waals surface area contributed by atoms with E-state index in [-0.39, 0.29) is 54.5 Å². The predicted molar refractivity (Wildman–Crippen MR) is 167 cm³/mol. The van der Waals surface area contributed by atoms with Crippen LogP contribution in [0.25, 0.3) is 0 Å². The van der Waals surface area contributed by atoms with Gasteiger partial charge in [-0.3, -0.25) is 13.9 Å². The molecule has 41 heavy (non-hydrogen) atoms. The van der Waals surface area contributed by atoms with E-state index < -0.39 is 16.1 Å². The number of rotatable bonds is 13. The lowest BCUT2D eigenvalue weighted by molar-refractivity contribution is -0.141. The van der Waals surface area contributed by atoms with Crippen LogP contribution in [0, 0.1) is 6.92 Å². The summed E-state index contributed by atoms with van der Waals surface area (Å²) in [6, 6.07) is 21.1. The topological polar surface area (TPSA) is 86.8 Å². The second kappa shape index (κ2) is 14.7. The van der Waals surface area contributed by atoms with Crippen molar-refractivity contribution < 1.29 is 18.0 Å². The van der Waals surface area contributed by atoms with Crippen molar-refractivity contribution in [3.8, 4) is 0 Å². The van der Waals surface area contributed by atoms with Gasteiger partial charge in [-0.1, -0.05) is 77.8 Å². The molecule has 0 heterocycles. The molecule has 0 fully saturated rings. The van der Waals surface area contributed by atoms with E-state index >= 15 is 0 Å². The molecule has 2 amide bonds. The maximum atomic E-state index is 13.9. The number of hydrogen-bond acceptors (Lipinski definition) is 4.